The Bertz CT molecular complexity index is 755. The Morgan fingerprint density at radius 3 is 2.75 bits per heavy atom. The van der Waals surface area contributed by atoms with Crippen molar-refractivity contribution in [3.63, 3.8) is 0 Å². The van der Waals surface area contributed by atoms with Crippen molar-refractivity contribution >= 4 is 5.69 Å². The molecule has 0 radical (unpaired) electrons. The standard InChI is InChI=1S/C13H8N4O3/c18-17(19)11-5-1-3-9(7-11)12-15-13(20-16-12)10-4-2-6-14-8-10/h1-8H. The van der Waals surface area contributed by atoms with Crippen molar-refractivity contribution in [1.82, 2.24) is 15.1 Å². The van der Waals surface area contributed by atoms with Crippen LogP contribution in [0, 0.1) is 10.1 Å². The molecule has 0 aliphatic carbocycles. The molecule has 0 saturated heterocycles. The first-order valence-electron chi connectivity index (χ1n) is 5.73. The molecule has 2 heterocycles. The highest BCUT2D eigenvalue weighted by atomic mass is 16.6. The molecule has 0 unspecified atom stereocenters. The monoisotopic (exact) mass is 268 g/mol. The molecule has 0 atom stereocenters. The highest BCUT2D eigenvalue weighted by molar-refractivity contribution is 5.61. The number of pyridine rings is 1. The van der Waals surface area contributed by atoms with Gasteiger partial charge in [-0.3, -0.25) is 15.1 Å². The Kier molecular flexibility index (Phi) is 2.92. The first-order valence-corrected chi connectivity index (χ1v) is 5.73. The van der Waals surface area contributed by atoms with Gasteiger partial charge in [-0.2, -0.15) is 4.98 Å². The number of hydrogen-bond donors (Lipinski definition) is 0. The third kappa shape index (κ3) is 2.24. The third-order valence-electron chi connectivity index (χ3n) is 2.65. The van der Waals surface area contributed by atoms with Crippen LogP contribution in [0.4, 0.5) is 5.69 Å². The summed E-state index contributed by atoms with van der Waals surface area (Å²) in [5, 5.41) is 14.6. The molecule has 0 N–H and O–H groups in total. The van der Waals surface area contributed by atoms with E-state index in [0.29, 0.717) is 22.8 Å². The molecule has 1 aromatic carbocycles. The minimum atomic E-state index is -0.467. The van der Waals surface area contributed by atoms with E-state index in [-0.39, 0.29) is 5.69 Å². The predicted octanol–water partition coefficient (Wildman–Crippen LogP) is 2.71. The van der Waals surface area contributed by atoms with Gasteiger partial charge in [-0.1, -0.05) is 17.3 Å². The van der Waals surface area contributed by atoms with Crippen molar-refractivity contribution in [3.05, 3.63) is 58.9 Å². The van der Waals surface area contributed by atoms with Gasteiger partial charge in [0.15, 0.2) is 0 Å². The van der Waals surface area contributed by atoms with Crippen LogP contribution < -0.4 is 0 Å². The number of nitro groups is 1. The topological polar surface area (TPSA) is 95.0 Å². The van der Waals surface area contributed by atoms with Crippen LogP contribution in [0.15, 0.2) is 53.3 Å². The molecular formula is C13H8N4O3. The van der Waals surface area contributed by atoms with Gasteiger partial charge in [-0.05, 0) is 12.1 Å². The first kappa shape index (κ1) is 12.0. The summed E-state index contributed by atoms with van der Waals surface area (Å²) in [5.41, 5.74) is 1.20. The normalized spacial score (nSPS) is 10.4. The summed E-state index contributed by atoms with van der Waals surface area (Å²) in [4.78, 5) is 18.5. The summed E-state index contributed by atoms with van der Waals surface area (Å²) in [7, 11) is 0. The van der Waals surface area contributed by atoms with E-state index in [4.69, 9.17) is 4.52 Å². The van der Waals surface area contributed by atoms with Gasteiger partial charge in [0, 0.05) is 30.1 Å². The van der Waals surface area contributed by atoms with Crippen LogP contribution in [0.1, 0.15) is 0 Å². The van der Waals surface area contributed by atoms with E-state index < -0.39 is 4.92 Å². The quantitative estimate of drug-likeness (QED) is 0.535. The van der Waals surface area contributed by atoms with Crippen LogP contribution in [0.2, 0.25) is 0 Å². The van der Waals surface area contributed by atoms with Gasteiger partial charge in [-0.15, -0.1) is 0 Å². The van der Waals surface area contributed by atoms with Crippen LogP contribution in [0.25, 0.3) is 22.8 Å². The number of aromatic nitrogens is 3. The minimum Gasteiger partial charge on any atom is -0.334 e. The van der Waals surface area contributed by atoms with Gasteiger partial charge in [0.25, 0.3) is 11.6 Å². The molecule has 3 rings (SSSR count). The molecule has 0 saturated carbocycles. The zero-order valence-corrected chi connectivity index (χ0v) is 10.1. The van der Waals surface area contributed by atoms with Gasteiger partial charge < -0.3 is 4.52 Å². The average molecular weight is 268 g/mol. The zero-order chi connectivity index (χ0) is 13.9. The fourth-order valence-corrected chi connectivity index (χ4v) is 1.71. The lowest BCUT2D eigenvalue weighted by Crippen LogP contribution is -1.88. The van der Waals surface area contributed by atoms with Crippen LogP contribution in [-0.2, 0) is 0 Å². The number of non-ortho nitro benzene ring substituents is 1. The van der Waals surface area contributed by atoms with Crippen LogP contribution in [0.5, 0.6) is 0 Å². The van der Waals surface area contributed by atoms with Crippen molar-refractivity contribution in [1.29, 1.82) is 0 Å². The Balaban J connectivity index is 1.98. The molecule has 0 bridgehead atoms. The van der Waals surface area contributed by atoms with Gasteiger partial charge in [0.1, 0.15) is 0 Å². The second-order valence-electron chi connectivity index (χ2n) is 3.97. The molecule has 0 amide bonds. The van der Waals surface area contributed by atoms with Crippen molar-refractivity contribution in [2.45, 2.75) is 0 Å². The lowest BCUT2D eigenvalue weighted by molar-refractivity contribution is -0.384. The highest BCUT2D eigenvalue weighted by Crippen LogP contribution is 2.24. The molecular weight excluding hydrogens is 260 g/mol. The third-order valence-corrected chi connectivity index (χ3v) is 2.65. The first-order chi connectivity index (χ1) is 9.74. The average Bonchev–Trinajstić information content (AvgIpc) is 2.98. The number of hydrogen-bond acceptors (Lipinski definition) is 6. The van der Waals surface area contributed by atoms with E-state index in [1.54, 1.807) is 36.7 Å². The minimum absolute atomic E-state index is 0.0183. The van der Waals surface area contributed by atoms with Crippen LogP contribution in [0.3, 0.4) is 0 Å². The Labute approximate surface area is 113 Å². The predicted molar refractivity (Wildman–Crippen MR) is 69.6 cm³/mol. The van der Waals surface area contributed by atoms with Crippen molar-refractivity contribution in [2.75, 3.05) is 0 Å². The van der Waals surface area contributed by atoms with Gasteiger partial charge >= 0.3 is 0 Å². The number of nitrogens with zero attached hydrogens (tertiary/aromatic N) is 4. The molecule has 0 spiro atoms. The largest absolute Gasteiger partial charge is 0.334 e. The number of nitro benzene ring substituents is 1. The summed E-state index contributed by atoms with van der Waals surface area (Å²) in [6, 6.07) is 9.62. The molecule has 98 valence electrons. The maximum absolute atomic E-state index is 10.7. The molecule has 0 aliphatic rings. The van der Waals surface area contributed by atoms with Crippen molar-refractivity contribution in [3.8, 4) is 22.8 Å². The highest BCUT2D eigenvalue weighted by Gasteiger charge is 2.13. The van der Waals surface area contributed by atoms with E-state index >= 15 is 0 Å². The lowest BCUT2D eigenvalue weighted by atomic mass is 10.2. The SMILES string of the molecule is O=[N+]([O-])c1cccc(-c2noc(-c3cccnc3)n2)c1. The maximum Gasteiger partial charge on any atom is 0.270 e. The van der Waals surface area contributed by atoms with Gasteiger partial charge in [0.05, 0.1) is 10.5 Å². The van der Waals surface area contributed by atoms with E-state index in [2.05, 4.69) is 15.1 Å². The summed E-state index contributed by atoms with van der Waals surface area (Å²) in [6.07, 6.45) is 3.24. The zero-order valence-electron chi connectivity index (χ0n) is 10.1. The number of benzene rings is 1. The fourth-order valence-electron chi connectivity index (χ4n) is 1.71. The molecule has 0 fully saturated rings. The van der Waals surface area contributed by atoms with E-state index in [9.17, 15) is 10.1 Å². The number of rotatable bonds is 3. The van der Waals surface area contributed by atoms with Crippen LogP contribution >= 0.6 is 0 Å². The van der Waals surface area contributed by atoms with Gasteiger partial charge in [-0.25, -0.2) is 0 Å². The Hall–Kier alpha value is -3.09. The van der Waals surface area contributed by atoms with Crippen molar-refractivity contribution in [2.24, 2.45) is 0 Å². The molecule has 7 nitrogen and oxygen atoms in total. The summed E-state index contributed by atoms with van der Waals surface area (Å²) in [5.74, 6) is 0.618. The van der Waals surface area contributed by atoms with E-state index in [1.807, 2.05) is 0 Å². The van der Waals surface area contributed by atoms with E-state index in [1.165, 1.54) is 12.1 Å². The molecule has 2 aromatic heterocycles. The molecule has 20 heavy (non-hydrogen) atoms. The smallest absolute Gasteiger partial charge is 0.270 e. The Morgan fingerprint density at radius 1 is 1.15 bits per heavy atom. The van der Waals surface area contributed by atoms with E-state index in [0.717, 1.165) is 0 Å². The second-order valence-corrected chi connectivity index (χ2v) is 3.97. The molecule has 3 aromatic rings. The Morgan fingerprint density at radius 2 is 2.00 bits per heavy atom. The van der Waals surface area contributed by atoms with Crippen molar-refractivity contribution < 1.29 is 9.45 Å². The maximum atomic E-state index is 10.7. The lowest BCUT2D eigenvalue weighted by Gasteiger charge is -1.94. The second kappa shape index (κ2) is 4.88. The summed E-state index contributed by atoms with van der Waals surface area (Å²) < 4.78 is 5.13. The molecule has 7 heteroatoms. The van der Waals surface area contributed by atoms with Gasteiger partial charge in [0.2, 0.25) is 5.82 Å². The summed E-state index contributed by atoms with van der Waals surface area (Å²) >= 11 is 0. The molecule has 0 aliphatic heterocycles. The van der Waals surface area contributed by atoms with Crippen LogP contribution in [-0.4, -0.2) is 20.0 Å². The summed E-state index contributed by atoms with van der Waals surface area (Å²) in [6.45, 7) is 0. The fraction of sp³-hybridized carbons (Fsp3) is 0.